The molecule has 0 bridgehead atoms. The Morgan fingerprint density at radius 1 is 1.05 bits per heavy atom. The minimum Gasteiger partial charge on any atom is -0.496 e. The van der Waals surface area contributed by atoms with E-state index in [0.29, 0.717) is 0 Å². The summed E-state index contributed by atoms with van der Waals surface area (Å²) < 4.78 is 5.46. The molecular formula is C18H21NO. The Labute approximate surface area is 120 Å². The highest BCUT2D eigenvalue weighted by Gasteiger charge is 2.17. The summed E-state index contributed by atoms with van der Waals surface area (Å²) in [6, 6.07) is 12.7. The Morgan fingerprint density at radius 2 is 1.85 bits per heavy atom. The zero-order valence-electron chi connectivity index (χ0n) is 12.1. The molecule has 2 nitrogen and oxygen atoms in total. The van der Waals surface area contributed by atoms with Crippen LogP contribution in [0.25, 0.3) is 0 Å². The third-order valence-electron chi connectivity index (χ3n) is 4.20. The summed E-state index contributed by atoms with van der Waals surface area (Å²) in [4.78, 5) is 0. The standard InChI is InChI=1S/C18H21NO/c1-12-6-9-17(20-2)16(10-12)18(19)15-8-7-13-4-3-5-14(13)11-15/h6-11,18H,3-5,19H2,1-2H3. The first-order valence-electron chi connectivity index (χ1n) is 7.21. The number of fused-ring (bicyclic) bond motifs is 1. The summed E-state index contributed by atoms with van der Waals surface area (Å²) in [5.41, 5.74) is 12.9. The Kier molecular flexibility index (Phi) is 3.49. The smallest absolute Gasteiger partial charge is 0.123 e. The molecule has 2 N–H and O–H groups in total. The molecule has 0 heterocycles. The van der Waals surface area contributed by atoms with E-state index in [1.165, 1.54) is 41.5 Å². The number of hydrogen-bond acceptors (Lipinski definition) is 2. The van der Waals surface area contributed by atoms with Crippen molar-refractivity contribution < 1.29 is 4.74 Å². The van der Waals surface area contributed by atoms with Crippen LogP contribution in [0.15, 0.2) is 36.4 Å². The number of aryl methyl sites for hydroxylation is 3. The molecule has 1 atom stereocenters. The van der Waals surface area contributed by atoms with E-state index in [1.807, 2.05) is 6.07 Å². The number of benzene rings is 2. The van der Waals surface area contributed by atoms with Gasteiger partial charge in [0, 0.05) is 5.56 Å². The highest BCUT2D eigenvalue weighted by molar-refractivity contribution is 5.45. The van der Waals surface area contributed by atoms with Gasteiger partial charge in [0.15, 0.2) is 0 Å². The van der Waals surface area contributed by atoms with Gasteiger partial charge in [-0.05, 0) is 48.9 Å². The normalized spacial score (nSPS) is 14.9. The van der Waals surface area contributed by atoms with Crippen LogP contribution in [0.5, 0.6) is 5.75 Å². The third kappa shape index (κ3) is 2.32. The second-order valence-electron chi connectivity index (χ2n) is 5.60. The molecule has 0 aliphatic heterocycles. The Hall–Kier alpha value is -1.80. The molecule has 1 aliphatic rings. The molecule has 20 heavy (non-hydrogen) atoms. The van der Waals surface area contributed by atoms with Gasteiger partial charge in [-0.3, -0.25) is 0 Å². The second-order valence-corrected chi connectivity index (χ2v) is 5.60. The molecular weight excluding hydrogens is 246 g/mol. The number of nitrogens with two attached hydrogens (primary N) is 1. The molecule has 0 spiro atoms. The van der Waals surface area contributed by atoms with Crippen molar-refractivity contribution in [2.75, 3.05) is 7.11 Å². The van der Waals surface area contributed by atoms with E-state index < -0.39 is 0 Å². The van der Waals surface area contributed by atoms with Gasteiger partial charge in [-0.2, -0.15) is 0 Å². The van der Waals surface area contributed by atoms with Gasteiger partial charge in [0.2, 0.25) is 0 Å². The van der Waals surface area contributed by atoms with Crippen LogP contribution in [0, 0.1) is 6.92 Å². The SMILES string of the molecule is COc1ccc(C)cc1C(N)c1ccc2c(c1)CCC2. The Morgan fingerprint density at radius 3 is 2.65 bits per heavy atom. The molecule has 2 aromatic rings. The topological polar surface area (TPSA) is 35.2 Å². The maximum atomic E-state index is 6.48. The van der Waals surface area contributed by atoms with Gasteiger partial charge in [-0.25, -0.2) is 0 Å². The van der Waals surface area contributed by atoms with Crippen LogP contribution in [0.1, 0.15) is 40.3 Å². The Balaban J connectivity index is 2.00. The van der Waals surface area contributed by atoms with Gasteiger partial charge in [0.1, 0.15) is 5.75 Å². The highest BCUT2D eigenvalue weighted by Crippen LogP contribution is 2.31. The molecule has 1 unspecified atom stereocenters. The monoisotopic (exact) mass is 267 g/mol. The molecule has 3 rings (SSSR count). The van der Waals surface area contributed by atoms with Crippen LogP contribution in [-0.2, 0) is 12.8 Å². The van der Waals surface area contributed by atoms with Crippen LogP contribution < -0.4 is 10.5 Å². The molecule has 0 saturated carbocycles. The van der Waals surface area contributed by atoms with Crippen molar-refractivity contribution in [2.24, 2.45) is 5.73 Å². The van der Waals surface area contributed by atoms with E-state index in [0.717, 1.165) is 11.3 Å². The van der Waals surface area contributed by atoms with Crippen molar-refractivity contribution in [1.82, 2.24) is 0 Å². The minimum atomic E-state index is -0.129. The Bertz CT molecular complexity index is 633. The molecule has 2 heteroatoms. The van der Waals surface area contributed by atoms with Gasteiger partial charge >= 0.3 is 0 Å². The van der Waals surface area contributed by atoms with Crippen molar-refractivity contribution in [2.45, 2.75) is 32.2 Å². The first-order chi connectivity index (χ1) is 9.69. The van der Waals surface area contributed by atoms with E-state index in [4.69, 9.17) is 10.5 Å². The summed E-state index contributed by atoms with van der Waals surface area (Å²) in [6.07, 6.45) is 3.65. The van der Waals surface area contributed by atoms with Gasteiger partial charge in [0.25, 0.3) is 0 Å². The summed E-state index contributed by atoms with van der Waals surface area (Å²) in [5, 5.41) is 0. The minimum absolute atomic E-state index is 0.129. The van der Waals surface area contributed by atoms with E-state index in [9.17, 15) is 0 Å². The van der Waals surface area contributed by atoms with Crippen molar-refractivity contribution >= 4 is 0 Å². The van der Waals surface area contributed by atoms with Crippen molar-refractivity contribution in [3.05, 3.63) is 64.2 Å². The summed E-state index contributed by atoms with van der Waals surface area (Å²) in [5.74, 6) is 0.864. The van der Waals surface area contributed by atoms with Gasteiger partial charge in [-0.1, -0.05) is 35.9 Å². The molecule has 0 amide bonds. The molecule has 0 radical (unpaired) electrons. The molecule has 0 aromatic heterocycles. The van der Waals surface area contributed by atoms with E-state index in [-0.39, 0.29) is 6.04 Å². The van der Waals surface area contributed by atoms with Crippen molar-refractivity contribution in [1.29, 1.82) is 0 Å². The van der Waals surface area contributed by atoms with Gasteiger partial charge in [-0.15, -0.1) is 0 Å². The molecule has 0 saturated heterocycles. The largest absolute Gasteiger partial charge is 0.496 e. The van der Waals surface area contributed by atoms with Crippen LogP contribution in [-0.4, -0.2) is 7.11 Å². The van der Waals surface area contributed by atoms with E-state index in [2.05, 4.69) is 37.3 Å². The van der Waals surface area contributed by atoms with Gasteiger partial charge < -0.3 is 10.5 Å². The predicted molar refractivity (Wildman–Crippen MR) is 82.2 cm³/mol. The lowest BCUT2D eigenvalue weighted by molar-refractivity contribution is 0.407. The number of hydrogen-bond donors (Lipinski definition) is 1. The van der Waals surface area contributed by atoms with Crippen LogP contribution in [0.2, 0.25) is 0 Å². The maximum Gasteiger partial charge on any atom is 0.123 e. The number of rotatable bonds is 3. The van der Waals surface area contributed by atoms with Crippen molar-refractivity contribution in [3.63, 3.8) is 0 Å². The zero-order chi connectivity index (χ0) is 14.1. The quantitative estimate of drug-likeness (QED) is 0.923. The summed E-state index contributed by atoms with van der Waals surface area (Å²) in [6.45, 7) is 2.08. The first-order valence-corrected chi connectivity index (χ1v) is 7.21. The first kappa shape index (κ1) is 13.2. The van der Waals surface area contributed by atoms with E-state index >= 15 is 0 Å². The highest BCUT2D eigenvalue weighted by atomic mass is 16.5. The fraction of sp³-hybridized carbons (Fsp3) is 0.333. The predicted octanol–water partition coefficient (Wildman–Crippen LogP) is 3.54. The molecule has 2 aromatic carbocycles. The number of methoxy groups -OCH3 is 1. The molecule has 0 fully saturated rings. The fourth-order valence-corrected chi connectivity index (χ4v) is 3.06. The second kappa shape index (κ2) is 5.29. The zero-order valence-corrected chi connectivity index (χ0v) is 12.1. The van der Waals surface area contributed by atoms with Crippen molar-refractivity contribution in [3.8, 4) is 5.75 Å². The number of ether oxygens (including phenoxy) is 1. The summed E-state index contributed by atoms with van der Waals surface area (Å²) in [7, 11) is 1.70. The third-order valence-corrected chi connectivity index (χ3v) is 4.20. The summed E-state index contributed by atoms with van der Waals surface area (Å²) >= 11 is 0. The van der Waals surface area contributed by atoms with Gasteiger partial charge in [0.05, 0.1) is 13.2 Å². The van der Waals surface area contributed by atoms with E-state index in [1.54, 1.807) is 7.11 Å². The lowest BCUT2D eigenvalue weighted by Gasteiger charge is -2.18. The average Bonchev–Trinajstić information content (AvgIpc) is 2.93. The lowest BCUT2D eigenvalue weighted by atomic mass is 9.95. The molecule has 1 aliphatic carbocycles. The average molecular weight is 267 g/mol. The molecule has 104 valence electrons. The fourth-order valence-electron chi connectivity index (χ4n) is 3.06. The lowest BCUT2D eigenvalue weighted by Crippen LogP contribution is -2.13. The maximum absolute atomic E-state index is 6.48. The van der Waals surface area contributed by atoms with Crippen LogP contribution in [0.4, 0.5) is 0 Å². The van der Waals surface area contributed by atoms with Crippen LogP contribution in [0.3, 0.4) is 0 Å². The van der Waals surface area contributed by atoms with Crippen LogP contribution >= 0.6 is 0 Å².